The van der Waals surface area contributed by atoms with Crippen LogP contribution in [-0.4, -0.2) is 29.4 Å². The van der Waals surface area contributed by atoms with Gasteiger partial charge in [-0.05, 0) is 51.8 Å². The van der Waals surface area contributed by atoms with Crippen molar-refractivity contribution in [3.05, 3.63) is 33.8 Å². The number of nitrogens with one attached hydrogen (secondary N) is 1. The van der Waals surface area contributed by atoms with Crippen molar-refractivity contribution in [1.82, 2.24) is 5.32 Å². The monoisotopic (exact) mass is 455 g/mol. The molecule has 0 saturated carbocycles. The molecule has 0 radical (unpaired) electrons. The van der Waals surface area contributed by atoms with Gasteiger partial charge >= 0.3 is 13.3 Å². The molecule has 5 nitrogen and oxygen atoms in total. The summed E-state index contributed by atoms with van der Waals surface area (Å²) in [6.45, 7) is 6.87. The lowest BCUT2D eigenvalue weighted by molar-refractivity contribution is -0.118. The Kier molecular flexibility index (Phi) is 8.55. The van der Waals surface area contributed by atoms with E-state index in [0.717, 1.165) is 11.6 Å². The van der Waals surface area contributed by atoms with Gasteiger partial charge in [0.2, 0.25) is 0 Å². The highest BCUT2D eigenvalue weighted by Crippen LogP contribution is 2.64. The summed E-state index contributed by atoms with van der Waals surface area (Å²) in [7, 11) is -5.19. The lowest BCUT2D eigenvalue weighted by Crippen LogP contribution is -2.33. The smallest absolute Gasteiger partial charge is 0.320 e. The van der Waals surface area contributed by atoms with Gasteiger partial charge in [0.15, 0.2) is 0 Å². The molecule has 26 heavy (non-hydrogen) atoms. The molecule has 0 aliphatic rings. The second-order valence-corrected chi connectivity index (χ2v) is 8.90. The molecule has 0 aliphatic carbocycles. The minimum atomic E-state index is -5.19. The molecule has 1 aromatic carbocycles. The first-order chi connectivity index (χ1) is 11.9. The zero-order valence-electron chi connectivity index (χ0n) is 15.3. The second-order valence-electron chi connectivity index (χ2n) is 6.24. The van der Waals surface area contributed by atoms with E-state index in [1.165, 1.54) is 26.0 Å². The predicted molar refractivity (Wildman–Crippen MR) is 101 cm³/mol. The number of carbonyl (C=O) groups excluding carboxylic acids is 1. The average molecular weight is 456 g/mol. The van der Waals surface area contributed by atoms with Crippen LogP contribution in [0.2, 0.25) is 0 Å². The summed E-state index contributed by atoms with van der Waals surface area (Å²) in [5, 5.41) is 3.03. The summed E-state index contributed by atoms with van der Waals surface area (Å²) in [5.41, 5.74) is -3.88. The van der Waals surface area contributed by atoms with Crippen LogP contribution in [0.25, 0.3) is 0 Å². The van der Waals surface area contributed by atoms with E-state index in [1.54, 1.807) is 13.8 Å². The normalized spacial score (nSPS) is 16.8. The Balaban J connectivity index is 2.91. The van der Waals surface area contributed by atoms with Gasteiger partial charge in [-0.3, -0.25) is 9.36 Å². The number of carbonyl (C=O) groups is 1. The third kappa shape index (κ3) is 5.92. The van der Waals surface area contributed by atoms with Gasteiger partial charge in [0.05, 0.1) is 12.1 Å². The highest BCUT2D eigenvalue weighted by Gasteiger charge is 2.54. The minimum Gasteiger partial charge on any atom is -0.320 e. The van der Waals surface area contributed by atoms with Crippen molar-refractivity contribution in [3.63, 3.8) is 0 Å². The van der Waals surface area contributed by atoms with Crippen molar-refractivity contribution in [3.8, 4) is 0 Å². The van der Waals surface area contributed by atoms with E-state index >= 15 is 0 Å². The number of alkyl halides is 2. The molecule has 0 saturated heterocycles. The number of benzene rings is 1. The molecule has 1 rings (SSSR count). The number of hydrogen-bond donors (Lipinski definition) is 2. The molecule has 0 aliphatic heterocycles. The van der Waals surface area contributed by atoms with Crippen LogP contribution < -0.4 is 5.32 Å². The van der Waals surface area contributed by atoms with Crippen LogP contribution in [-0.2, 0) is 26.0 Å². The van der Waals surface area contributed by atoms with Gasteiger partial charge in [-0.2, -0.15) is 8.78 Å². The molecule has 0 heterocycles. The van der Waals surface area contributed by atoms with E-state index in [4.69, 9.17) is 4.52 Å². The van der Waals surface area contributed by atoms with Crippen molar-refractivity contribution >= 4 is 29.3 Å². The Bertz CT molecular complexity index is 687. The van der Waals surface area contributed by atoms with E-state index in [9.17, 15) is 23.0 Å². The molecule has 148 valence electrons. The van der Waals surface area contributed by atoms with Gasteiger partial charge < -0.3 is 14.7 Å². The van der Waals surface area contributed by atoms with Crippen LogP contribution in [0.3, 0.4) is 0 Å². The lowest BCUT2D eigenvalue weighted by Gasteiger charge is -2.25. The first kappa shape index (κ1) is 23.4. The van der Waals surface area contributed by atoms with E-state index < -0.39 is 24.9 Å². The number of Topliss-reactive ketones (excluding diaryl/α,β-unsaturated/α-hetero) is 1. The van der Waals surface area contributed by atoms with Gasteiger partial charge in [0.25, 0.3) is 0 Å². The maximum atomic E-state index is 14.6. The number of halogens is 3. The average Bonchev–Trinajstić information content (AvgIpc) is 2.53. The van der Waals surface area contributed by atoms with Crippen molar-refractivity contribution in [2.45, 2.75) is 58.3 Å². The third-order valence-corrected chi connectivity index (χ3v) is 6.34. The molecule has 0 aromatic heterocycles. The van der Waals surface area contributed by atoms with Gasteiger partial charge in [-0.15, -0.1) is 0 Å². The maximum Gasteiger partial charge on any atom is 0.402 e. The topological polar surface area (TPSA) is 75.6 Å². The van der Waals surface area contributed by atoms with Crippen molar-refractivity contribution in [2.24, 2.45) is 0 Å². The Morgan fingerprint density at radius 3 is 2.54 bits per heavy atom. The molecule has 0 fully saturated rings. The molecule has 1 aromatic rings. The van der Waals surface area contributed by atoms with Crippen LogP contribution in [0.1, 0.15) is 45.2 Å². The zero-order chi connectivity index (χ0) is 20.1. The lowest BCUT2D eigenvalue weighted by atomic mass is 10.1. The number of ketones is 1. The summed E-state index contributed by atoms with van der Waals surface area (Å²) in [6, 6.07) is 3.79. The standard InChI is InChI=1S/C17H25BrF2NO4P/c1-5-11(2)25-26(23,24)17(19,20)15-7-6-14(10-16(15)18)8-9-21-12(3)13(4)22/h6-7,10-12,21H,5,8-9H2,1-4H3,(H,23,24). The third-order valence-electron chi connectivity index (χ3n) is 4.08. The number of rotatable bonds is 10. The Labute approximate surface area is 161 Å². The fraction of sp³-hybridized carbons (Fsp3) is 0.588. The van der Waals surface area contributed by atoms with Crippen LogP contribution in [0.4, 0.5) is 8.78 Å². The first-order valence-corrected chi connectivity index (χ1v) is 10.7. The molecule has 3 atom stereocenters. The van der Waals surface area contributed by atoms with Gasteiger partial charge in [0.1, 0.15) is 5.78 Å². The van der Waals surface area contributed by atoms with Gasteiger partial charge in [0, 0.05) is 10.0 Å². The van der Waals surface area contributed by atoms with Gasteiger partial charge in [-0.1, -0.05) is 35.0 Å². The van der Waals surface area contributed by atoms with Crippen molar-refractivity contribution in [1.29, 1.82) is 0 Å². The van der Waals surface area contributed by atoms with Crippen LogP contribution >= 0.6 is 23.5 Å². The predicted octanol–water partition coefficient (Wildman–Crippen LogP) is 4.61. The van der Waals surface area contributed by atoms with Gasteiger partial charge in [-0.25, -0.2) is 0 Å². The van der Waals surface area contributed by atoms with Crippen LogP contribution in [0.15, 0.2) is 22.7 Å². The number of hydrogen-bond acceptors (Lipinski definition) is 4. The highest BCUT2D eigenvalue weighted by molar-refractivity contribution is 9.10. The van der Waals surface area contributed by atoms with Crippen LogP contribution in [0.5, 0.6) is 0 Å². The summed E-state index contributed by atoms with van der Waals surface area (Å²) in [4.78, 5) is 20.9. The molecule has 0 amide bonds. The summed E-state index contributed by atoms with van der Waals surface area (Å²) in [5.74, 6) is 0.0150. The fourth-order valence-electron chi connectivity index (χ4n) is 2.07. The van der Waals surface area contributed by atoms with Crippen molar-refractivity contribution < 1.29 is 27.6 Å². The molecular formula is C17H25BrF2NO4P. The molecule has 0 spiro atoms. The Morgan fingerprint density at radius 1 is 1.42 bits per heavy atom. The Morgan fingerprint density at radius 2 is 2.04 bits per heavy atom. The maximum absolute atomic E-state index is 14.6. The van der Waals surface area contributed by atoms with E-state index in [-0.39, 0.29) is 16.3 Å². The molecular weight excluding hydrogens is 431 g/mol. The highest BCUT2D eigenvalue weighted by atomic mass is 79.9. The largest absolute Gasteiger partial charge is 0.402 e. The first-order valence-electron chi connectivity index (χ1n) is 8.34. The summed E-state index contributed by atoms with van der Waals surface area (Å²) < 4.78 is 45.9. The molecule has 2 N–H and O–H groups in total. The second kappa shape index (κ2) is 9.51. The molecule has 0 bridgehead atoms. The summed E-state index contributed by atoms with van der Waals surface area (Å²) >= 11 is 3.06. The van der Waals surface area contributed by atoms with E-state index in [1.807, 2.05) is 0 Å². The molecule has 3 unspecified atom stereocenters. The minimum absolute atomic E-state index is 0.0150. The fourth-order valence-corrected chi connectivity index (χ4v) is 4.17. The van der Waals surface area contributed by atoms with E-state index in [0.29, 0.717) is 19.4 Å². The SMILES string of the molecule is CCC(C)OP(=O)(O)C(F)(F)c1ccc(CCNC(C)C(C)=O)cc1Br. The van der Waals surface area contributed by atoms with Crippen LogP contribution in [0, 0.1) is 0 Å². The van der Waals surface area contributed by atoms with Crippen molar-refractivity contribution in [2.75, 3.05) is 6.54 Å². The quantitative estimate of drug-likeness (QED) is 0.503. The van der Waals surface area contributed by atoms with E-state index in [2.05, 4.69) is 21.2 Å². The summed E-state index contributed by atoms with van der Waals surface area (Å²) in [6.07, 6.45) is 0.0957. The zero-order valence-corrected chi connectivity index (χ0v) is 17.7. The Hall–Kier alpha value is -0.660. The molecule has 9 heteroatoms.